The Morgan fingerprint density at radius 1 is 1.31 bits per heavy atom. The van der Waals surface area contributed by atoms with Crippen LogP contribution in [0.1, 0.15) is 43.7 Å². The van der Waals surface area contributed by atoms with Crippen LogP contribution < -0.4 is 5.32 Å². The SMILES string of the molecule is CC(C)c1ccc(CNC(=O)C2CC2)cc1. The molecule has 2 rings (SSSR count). The molecule has 16 heavy (non-hydrogen) atoms. The second-order valence-corrected chi connectivity index (χ2v) is 4.89. The van der Waals surface area contributed by atoms with Crippen molar-refractivity contribution in [3.05, 3.63) is 35.4 Å². The third-order valence-electron chi connectivity index (χ3n) is 3.06. The first-order valence-electron chi connectivity index (χ1n) is 6.03. The fourth-order valence-electron chi connectivity index (χ4n) is 1.70. The molecular weight excluding hydrogens is 198 g/mol. The van der Waals surface area contributed by atoms with Crippen molar-refractivity contribution < 1.29 is 4.79 Å². The first-order valence-corrected chi connectivity index (χ1v) is 6.03. The van der Waals surface area contributed by atoms with Gasteiger partial charge < -0.3 is 5.32 Å². The third kappa shape index (κ3) is 2.84. The minimum absolute atomic E-state index is 0.216. The lowest BCUT2D eigenvalue weighted by Crippen LogP contribution is -2.24. The minimum atomic E-state index is 0.216. The van der Waals surface area contributed by atoms with Crippen LogP contribution in [0, 0.1) is 5.92 Å². The van der Waals surface area contributed by atoms with Crippen LogP contribution >= 0.6 is 0 Å². The molecule has 1 N–H and O–H groups in total. The normalized spacial score (nSPS) is 15.2. The maximum absolute atomic E-state index is 11.4. The van der Waals surface area contributed by atoms with Gasteiger partial charge in [0.15, 0.2) is 0 Å². The van der Waals surface area contributed by atoms with Crippen molar-refractivity contribution in [3.8, 4) is 0 Å². The van der Waals surface area contributed by atoms with Crippen LogP contribution in [0.15, 0.2) is 24.3 Å². The van der Waals surface area contributed by atoms with Gasteiger partial charge in [0.25, 0.3) is 0 Å². The number of hydrogen-bond donors (Lipinski definition) is 1. The Balaban J connectivity index is 1.87. The zero-order valence-electron chi connectivity index (χ0n) is 9.99. The summed E-state index contributed by atoms with van der Waals surface area (Å²) in [5.41, 5.74) is 2.52. The maximum atomic E-state index is 11.4. The van der Waals surface area contributed by atoms with Crippen molar-refractivity contribution in [3.63, 3.8) is 0 Å². The summed E-state index contributed by atoms with van der Waals surface area (Å²) in [6.07, 6.45) is 2.14. The van der Waals surface area contributed by atoms with Gasteiger partial charge >= 0.3 is 0 Å². The molecule has 0 saturated heterocycles. The second-order valence-electron chi connectivity index (χ2n) is 4.89. The molecule has 0 unspecified atom stereocenters. The summed E-state index contributed by atoms with van der Waals surface area (Å²) in [4.78, 5) is 11.4. The van der Waals surface area contributed by atoms with E-state index in [1.165, 1.54) is 11.1 Å². The smallest absolute Gasteiger partial charge is 0.223 e. The summed E-state index contributed by atoms with van der Waals surface area (Å²) in [5.74, 6) is 1.08. The van der Waals surface area contributed by atoms with Crippen LogP contribution in [0.25, 0.3) is 0 Å². The summed E-state index contributed by atoms with van der Waals surface area (Å²) in [7, 11) is 0. The molecule has 2 heteroatoms. The minimum Gasteiger partial charge on any atom is -0.352 e. The van der Waals surface area contributed by atoms with Crippen LogP contribution in [-0.2, 0) is 11.3 Å². The molecule has 0 spiro atoms. The molecule has 1 fully saturated rings. The lowest BCUT2D eigenvalue weighted by Gasteiger charge is -2.07. The van der Waals surface area contributed by atoms with Crippen molar-refractivity contribution in [2.45, 2.75) is 39.2 Å². The molecule has 0 atom stereocenters. The van der Waals surface area contributed by atoms with Crippen LogP contribution in [0.3, 0.4) is 0 Å². The van der Waals surface area contributed by atoms with Gasteiger partial charge in [-0.25, -0.2) is 0 Å². The van der Waals surface area contributed by atoms with E-state index in [9.17, 15) is 4.79 Å². The van der Waals surface area contributed by atoms with Crippen LogP contribution in [0.5, 0.6) is 0 Å². The first kappa shape index (κ1) is 11.2. The van der Waals surface area contributed by atoms with E-state index in [-0.39, 0.29) is 5.91 Å². The Kier molecular flexibility index (Phi) is 3.28. The summed E-state index contributed by atoms with van der Waals surface area (Å²) in [5, 5.41) is 2.97. The topological polar surface area (TPSA) is 29.1 Å². The molecule has 0 heterocycles. The number of amides is 1. The quantitative estimate of drug-likeness (QED) is 0.825. The molecule has 1 aromatic carbocycles. The highest BCUT2D eigenvalue weighted by molar-refractivity contribution is 5.80. The second kappa shape index (κ2) is 4.69. The molecule has 1 aliphatic rings. The van der Waals surface area contributed by atoms with Crippen LogP contribution in [0.2, 0.25) is 0 Å². The van der Waals surface area contributed by atoms with E-state index in [0.717, 1.165) is 12.8 Å². The van der Waals surface area contributed by atoms with Crippen molar-refractivity contribution in [1.29, 1.82) is 0 Å². The van der Waals surface area contributed by atoms with Gasteiger partial charge in [-0.15, -0.1) is 0 Å². The van der Waals surface area contributed by atoms with E-state index in [4.69, 9.17) is 0 Å². The van der Waals surface area contributed by atoms with Gasteiger partial charge in [-0.05, 0) is 29.9 Å². The summed E-state index contributed by atoms with van der Waals surface area (Å²) in [6.45, 7) is 5.03. The summed E-state index contributed by atoms with van der Waals surface area (Å²) in [6, 6.07) is 8.48. The predicted octanol–water partition coefficient (Wildman–Crippen LogP) is 2.84. The predicted molar refractivity (Wildman–Crippen MR) is 65.1 cm³/mol. The number of hydrogen-bond acceptors (Lipinski definition) is 1. The fraction of sp³-hybridized carbons (Fsp3) is 0.500. The monoisotopic (exact) mass is 217 g/mol. The van der Waals surface area contributed by atoms with Crippen molar-refractivity contribution in [1.82, 2.24) is 5.32 Å². The van der Waals surface area contributed by atoms with Crippen LogP contribution in [-0.4, -0.2) is 5.91 Å². The van der Waals surface area contributed by atoms with Gasteiger partial charge in [0, 0.05) is 12.5 Å². The number of rotatable bonds is 4. The largest absolute Gasteiger partial charge is 0.352 e. The number of nitrogens with one attached hydrogen (secondary N) is 1. The zero-order chi connectivity index (χ0) is 11.5. The van der Waals surface area contributed by atoms with Crippen molar-refractivity contribution >= 4 is 5.91 Å². The molecule has 86 valence electrons. The van der Waals surface area contributed by atoms with E-state index >= 15 is 0 Å². The van der Waals surface area contributed by atoms with E-state index < -0.39 is 0 Å². The molecule has 0 radical (unpaired) electrons. The molecule has 0 aliphatic heterocycles. The Hall–Kier alpha value is -1.31. The van der Waals surface area contributed by atoms with Gasteiger partial charge in [0.2, 0.25) is 5.91 Å². The Morgan fingerprint density at radius 3 is 2.44 bits per heavy atom. The van der Waals surface area contributed by atoms with Crippen molar-refractivity contribution in [2.75, 3.05) is 0 Å². The highest BCUT2D eigenvalue weighted by atomic mass is 16.2. The highest BCUT2D eigenvalue weighted by Crippen LogP contribution is 2.28. The zero-order valence-corrected chi connectivity index (χ0v) is 9.99. The van der Waals surface area contributed by atoms with Crippen LogP contribution in [0.4, 0.5) is 0 Å². The lowest BCUT2D eigenvalue weighted by molar-refractivity contribution is -0.122. The number of carbonyl (C=O) groups is 1. The van der Waals surface area contributed by atoms with Gasteiger partial charge in [-0.1, -0.05) is 38.1 Å². The van der Waals surface area contributed by atoms with Gasteiger partial charge in [-0.3, -0.25) is 4.79 Å². The number of benzene rings is 1. The average molecular weight is 217 g/mol. The molecular formula is C14H19NO. The highest BCUT2D eigenvalue weighted by Gasteiger charge is 2.29. The Labute approximate surface area is 97.1 Å². The van der Waals surface area contributed by atoms with E-state index in [0.29, 0.717) is 18.4 Å². The number of carbonyl (C=O) groups excluding carboxylic acids is 1. The molecule has 1 aliphatic carbocycles. The Morgan fingerprint density at radius 2 is 1.94 bits per heavy atom. The van der Waals surface area contributed by atoms with Gasteiger partial charge in [0.05, 0.1) is 0 Å². The standard InChI is InChI=1S/C14H19NO/c1-10(2)12-5-3-11(4-6-12)9-15-14(16)13-7-8-13/h3-6,10,13H,7-9H2,1-2H3,(H,15,16). The maximum Gasteiger partial charge on any atom is 0.223 e. The van der Waals surface area contributed by atoms with Crippen molar-refractivity contribution in [2.24, 2.45) is 5.92 Å². The summed E-state index contributed by atoms with van der Waals surface area (Å²) >= 11 is 0. The molecule has 2 nitrogen and oxygen atoms in total. The van der Waals surface area contributed by atoms with E-state index in [1.807, 2.05) is 0 Å². The summed E-state index contributed by atoms with van der Waals surface area (Å²) < 4.78 is 0. The Bertz CT molecular complexity index is 363. The lowest BCUT2D eigenvalue weighted by atomic mass is 10.0. The molecule has 1 saturated carbocycles. The average Bonchev–Trinajstić information content (AvgIpc) is 3.10. The third-order valence-corrected chi connectivity index (χ3v) is 3.06. The first-order chi connectivity index (χ1) is 7.66. The molecule has 0 aromatic heterocycles. The molecule has 1 amide bonds. The fourth-order valence-corrected chi connectivity index (χ4v) is 1.70. The molecule has 1 aromatic rings. The van der Waals surface area contributed by atoms with Gasteiger partial charge in [0.1, 0.15) is 0 Å². The van der Waals surface area contributed by atoms with Gasteiger partial charge in [-0.2, -0.15) is 0 Å². The van der Waals surface area contributed by atoms with E-state index in [2.05, 4.69) is 43.4 Å². The van der Waals surface area contributed by atoms with E-state index in [1.54, 1.807) is 0 Å². The molecule has 0 bridgehead atoms.